The third-order valence-electron chi connectivity index (χ3n) is 3.70. The highest BCUT2D eigenvalue weighted by Crippen LogP contribution is 2.41. The Balaban J connectivity index is 2.32. The molecule has 13 heavy (non-hydrogen) atoms. The summed E-state index contributed by atoms with van der Waals surface area (Å²) < 4.78 is 0. The molecule has 0 fully saturated rings. The standard InChI is InChI=1S/C13H18/c1-10(2)13(3)8-11-6-4-5-7-12(11)9-13/h4-7,10H,8-9H2,1-3H3. The summed E-state index contributed by atoms with van der Waals surface area (Å²) >= 11 is 0. The second kappa shape index (κ2) is 2.87. The van der Waals surface area contributed by atoms with Crippen molar-refractivity contribution in [2.24, 2.45) is 11.3 Å². The molecule has 0 saturated carbocycles. The maximum absolute atomic E-state index is 2.41. The summed E-state index contributed by atoms with van der Waals surface area (Å²) in [6.07, 6.45) is 2.53. The highest BCUT2D eigenvalue weighted by atomic mass is 14.4. The van der Waals surface area contributed by atoms with Crippen LogP contribution in [0.15, 0.2) is 24.3 Å². The SMILES string of the molecule is CC(C)C1(C)Cc2ccccc2C1. The Bertz CT molecular complexity index is 285. The number of benzene rings is 1. The van der Waals surface area contributed by atoms with E-state index in [0.29, 0.717) is 5.41 Å². The molecule has 70 valence electrons. The van der Waals surface area contributed by atoms with Crippen molar-refractivity contribution in [3.63, 3.8) is 0 Å². The number of hydrogen-bond acceptors (Lipinski definition) is 0. The second-order valence-electron chi connectivity index (χ2n) is 4.93. The average Bonchev–Trinajstić information content (AvgIpc) is 2.42. The zero-order valence-electron chi connectivity index (χ0n) is 8.80. The molecule has 1 aromatic rings. The van der Waals surface area contributed by atoms with Gasteiger partial charge in [0, 0.05) is 0 Å². The molecule has 0 spiro atoms. The van der Waals surface area contributed by atoms with E-state index in [4.69, 9.17) is 0 Å². The fraction of sp³-hybridized carbons (Fsp3) is 0.538. The van der Waals surface area contributed by atoms with Gasteiger partial charge in [0.25, 0.3) is 0 Å². The maximum Gasteiger partial charge on any atom is -0.0216 e. The van der Waals surface area contributed by atoms with Crippen molar-refractivity contribution in [1.29, 1.82) is 0 Å². The van der Waals surface area contributed by atoms with Crippen molar-refractivity contribution in [3.8, 4) is 0 Å². The molecule has 1 aromatic carbocycles. The van der Waals surface area contributed by atoms with E-state index >= 15 is 0 Å². The molecule has 0 nitrogen and oxygen atoms in total. The van der Waals surface area contributed by atoms with Crippen LogP contribution in [0.25, 0.3) is 0 Å². The maximum atomic E-state index is 2.41. The fourth-order valence-corrected chi connectivity index (χ4v) is 2.24. The van der Waals surface area contributed by atoms with Crippen LogP contribution in [0.1, 0.15) is 31.9 Å². The predicted octanol–water partition coefficient (Wildman–Crippen LogP) is 3.45. The Kier molecular flexibility index (Phi) is 1.94. The Morgan fingerprint density at radius 3 is 1.92 bits per heavy atom. The van der Waals surface area contributed by atoms with E-state index in [1.165, 1.54) is 12.8 Å². The summed E-state index contributed by atoms with van der Waals surface area (Å²) in [6.45, 7) is 7.09. The molecule has 0 heterocycles. The molecule has 0 bridgehead atoms. The lowest BCUT2D eigenvalue weighted by Crippen LogP contribution is -2.23. The quantitative estimate of drug-likeness (QED) is 0.611. The lowest BCUT2D eigenvalue weighted by molar-refractivity contribution is 0.234. The van der Waals surface area contributed by atoms with Crippen LogP contribution in [-0.4, -0.2) is 0 Å². The van der Waals surface area contributed by atoms with E-state index < -0.39 is 0 Å². The summed E-state index contributed by atoms with van der Waals surface area (Å²) in [5.41, 5.74) is 3.64. The zero-order valence-corrected chi connectivity index (χ0v) is 8.80. The molecule has 0 atom stereocenters. The van der Waals surface area contributed by atoms with Crippen LogP contribution in [0.5, 0.6) is 0 Å². The smallest absolute Gasteiger partial charge is 0.0216 e. The molecule has 0 amide bonds. The van der Waals surface area contributed by atoms with E-state index in [-0.39, 0.29) is 0 Å². The van der Waals surface area contributed by atoms with Crippen LogP contribution >= 0.6 is 0 Å². The van der Waals surface area contributed by atoms with Gasteiger partial charge in [0.15, 0.2) is 0 Å². The van der Waals surface area contributed by atoms with Gasteiger partial charge in [0.1, 0.15) is 0 Å². The highest BCUT2D eigenvalue weighted by molar-refractivity contribution is 5.34. The van der Waals surface area contributed by atoms with Gasteiger partial charge in [0.05, 0.1) is 0 Å². The molecule has 1 aliphatic carbocycles. The normalized spacial score (nSPS) is 19.1. The molecule has 0 aliphatic heterocycles. The summed E-state index contributed by atoms with van der Waals surface area (Å²) in [7, 11) is 0. The van der Waals surface area contributed by atoms with Gasteiger partial charge in [-0.25, -0.2) is 0 Å². The summed E-state index contributed by atoms with van der Waals surface area (Å²) in [6, 6.07) is 8.88. The van der Waals surface area contributed by atoms with Crippen LogP contribution in [0, 0.1) is 11.3 Å². The lowest BCUT2D eigenvalue weighted by atomic mass is 9.77. The third kappa shape index (κ3) is 1.39. The summed E-state index contributed by atoms with van der Waals surface area (Å²) in [5.74, 6) is 0.778. The Labute approximate surface area is 81.0 Å². The molecule has 0 unspecified atom stereocenters. The van der Waals surface area contributed by atoms with Gasteiger partial charge < -0.3 is 0 Å². The summed E-state index contributed by atoms with van der Waals surface area (Å²) in [4.78, 5) is 0. The Hall–Kier alpha value is -0.780. The molecule has 0 heteroatoms. The molecule has 0 saturated heterocycles. The Morgan fingerprint density at radius 1 is 1.08 bits per heavy atom. The Morgan fingerprint density at radius 2 is 1.54 bits per heavy atom. The van der Waals surface area contributed by atoms with E-state index in [2.05, 4.69) is 45.0 Å². The van der Waals surface area contributed by atoms with Crippen molar-refractivity contribution in [1.82, 2.24) is 0 Å². The molecule has 1 aliphatic rings. The second-order valence-corrected chi connectivity index (χ2v) is 4.93. The van der Waals surface area contributed by atoms with Gasteiger partial charge in [-0.3, -0.25) is 0 Å². The minimum atomic E-state index is 0.504. The third-order valence-corrected chi connectivity index (χ3v) is 3.70. The average molecular weight is 174 g/mol. The minimum Gasteiger partial charge on any atom is -0.0622 e. The first-order chi connectivity index (χ1) is 6.12. The van der Waals surface area contributed by atoms with E-state index in [1.54, 1.807) is 11.1 Å². The lowest BCUT2D eigenvalue weighted by Gasteiger charge is -2.28. The van der Waals surface area contributed by atoms with Gasteiger partial charge >= 0.3 is 0 Å². The van der Waals surface area contributed by atoms with Crippen LogP contribution in [-0.2, 0) is 12.8 Å². The molecular weight excluding hydrogens is 156 g/mol. The number of hydrogen-bond donors (Lipinski definition) is 0. The topological polar surface area (TPSA) is 0 Å². The van der Waals surface area contributed by atoms with Crippen LogP contribution in [0.3, 0.4) is 0 Å². The van der Waals surface area contributed by atoms with Gasteiger partial charge in [-0.1, -0.05) is 45.0 Å². The zero-order chi connectivity index (χ0) is 9.47. The van der Waals surface area contributed by atoms with Crippen molar-refractivity contribution in [2.45, 2.75) is 33.6 Å². The van der Waals surface area contributed by atoms with E-state index in [1.807, 2.05) is 0 Å². The van der Waals surface area contributed by atoms with Gasteiger partial charge in [-0.05, 0) is 35.3 Å². The first-order valence-electron chi connectivity index (χ1n) is 5.18. The van der Waals surface area contributed by atoms with Crippen LogP contribution in [0.2, 0.25) is 0 Å². The van der Waals surface area contributed by atoms with E-state index in [0.717, 1.165) is 5.92 Å². The monoisotopic (exact) mass is 174 g/mol. The molecule has 0 aromatic heterocycles. The first kappa shape index (κ1) is 8.80. The van der Waals surface area contributed by atoms with Crippen molar-refractivity contribution < 1.29 is 0 Å². The molecule has 0 N–H and O–H groups in total. The van der Waals surface area contributed by atoms with Gasteiger partial charge in [-0.2, -0.15) is 0 Å². The van der Waals surface area contributed by atoms with Gasteiger partial charge in [0.2, 0.25) is 0 Å². The fourth-order valence-electron chi connectivity index (χ4n) is 2.24. The molecular formula is C13H18. The van der Waals surface area contributed by atoms with Gasteiger partial charge in [-0.15, -0.1) is 0 Å². The largest absolute Gasteiger partial charge is 0.0622 e. The first-order valence-corrected chi connectivity index (χ1v) is 5.18. The van der Waals surface area contributed by atoms with Crippen molar-refractivity contribution in [2.75, 3.05) is 0 Å². The van der Waals surface area contributed by atoms with Crippen LogP contribution < -0.4 is 0 Å². The van der Waals surface area contributed by atoms with Crippen molar-refractivity contribution >= 4 is 0 Å². The van der Waals surface area contributed by atoms with Crippen molar-refractivity contribution in [3.05, 3.63) is 35.4 Å². The number of fused-ring (bicyclic) bond motifs is 1. The number of rotatable bonds is 1. The summed E-state index contributed by atoms with van der Waals surface area (Å²) in [5, 5.41) is 0. The minimum absolute atomic E-state index is 0.504. The van der Waals surface area contributed by atoms with Crippen LogP contribution in [0.4, 0.5) is 0 Å². The van der Waals surface area contributed by atoms with E-state index in [9.17, 15) is 0 Å². The molecule has 0 radical (unpaired) electrons. The molecule has 2 rings (SSSR count). The highest BCUT2D eigenvalue weighted by Gasteiger charge is 2.34. The predicted molar refractivity (Wildman–Crippen MR) is 56.8 cm³/mol.